The molecule has 0 aliphatic heterocycles. The lowest BCUT2D eigenvalue weighted by molar-refractivity contribution is -0.115. The van der Waals surface area contributed by atoms with Gasteiger partial charge in [-0.15, -0.1) is 10.2 Å². The van der Waals surface area contributed by atoms with Crippen LogP contribution in [0.2, 0.25) is 5.02 Å². The number of rotatable bonds is 5. The van der Waals surface area contributed by atoms with Crippen LogP contribution in [0, 0.1) is 6.92 Å². The van der Waals surface area contributed by atoms with Crippen LogP contribution in [0.1, 0.15) is 11.1 Å². The Hall–Kier alpha value is -2.92. The Balaban J connectivity index is 1.58. The van der Waals surface area contributed by atoms with Crippen molar-refractivity contribution in [2.75, 3.05) is 10.6 Å². The molecular formula is C19H17ClN4O. The maximum Gasteiger partial charge on any atom is 0.229 e. The van der Waals surface area contributed by atoms with Gasteiger partial charge in [0.2, 0.25) is 5.91 Å². The van der Waals surface area contributed by atoms with Crippen LogP contribution < -0.4 is 10.6 Å². The van der Waals surface area contributed by atoms with Gasteiger partial charge in [-0.3, -0.25) is 4.79 Å². The lowest BCUT2D eigenvalue weighted by atomic mass is 10.1. The Morgan fingerprint density at radius 1 is 1.00 bits per heavy atom. The SMILES string of the molecule is Cc1ccc(CC(=O)Nc2ccc(Nc3cccc(Cl)c3)nn2)cc1. The average molecular weight is 353 g/mol. The maximum atomic E-state index is 12.1. The highest BCUT2D eigenvalue weighted by molar-refractivity contribution is 6.30. The van der Waals surface area contributed by atoms with Crippen LogP contribution in [0.15, 0.2) is 60.7 Å². The van der Waals surface area contributed by atoms with Crippen LogP contribution in [0.3, 0.4) is 0 Å². The highest BCUT2D eigenvalue weighted by Gasteiger charge is 2.06. The molecule has 0 bridgehead atoms. The molecular weight excluding hydrogens is 336 g/mol. The van der Waals surface area contributed by atoms with E-state index in [0.717, 1.165) is 16.8 Å². The molecule has 25 heavy (non-hydrogen) atoms. The molecule has 3 aromatic rings. The number of carbonyl (C=O) groups excluding carboxylic acids is 1. The van der Waals surface area contributed by atoms with Gasteiger partial charge in [0.05, 0.1) is 6.42 Å². The molecule has 0 aliphatic carbocycles. The van der Waals surface area contributed by atoms with Gasteiger partial charge >= 0.3 is 0 Å². The number of carbonyl (C=O) groups is 1. The van der Waals surface area contributed by atoms with Gasteiger partial charge in [-0.1, -0.05) is 47.5 Å². The van der Waals surface area contributed by atoms with Crippen LogP contribution in [0.4, 0.5) is 17.3 Å². The van der Waals surface area contributed by atoms with E-state index in [9.17, 15) is 4.79 Å². The third kappa shape index (κ3) is 5.02. The van der Waals surface area contributed by atoms with Crippen molar-refractivity contribution in [1.29, 1.82) is 0 Å². The smallest absolute Gasteiger partial charge is 0.229 e. The summed E-state index contributed by atoms with van der Waals surface area (Å²) in [5.74, 6) is 0.848. The molecule has 126 valence electrons. The molecule has 6 heteroatoms. The number of hydrogen-bond acceptors (Lipinski definition) is 4. The monoisotopic (exact) mass is 352 g/mol. The van der Waals surface area contributed by atoms with Gasteiger partial charge in [-0.25, -0.2) is 0 Å². The van der Waals surface area contributed by atoms with E-state index in [0.29, 0.717) is 23.1 Å². The van der Waals surface area contributed by atoms with Gasteiger partial charge in [0, 0.05) is 10.7 Å². The van der Waals surface area contributed by atoms with Crippen molar-refractivity contribution in [2.45, 2.75) is 13.3 Å². The predicted molar refractivity (Wildman–Crippen MR) is 100 cm³/mol. The molecule has 0 saturated heterocycles. The molecule has 3 rings (SSSR count). The fraction of sp³-hybridized carbons (Fsp3) is 0.105. The van der Waals surface area contributed by atoms with E-state index in [4.69, 9.17) is 11.6 Å². The summed E-state index contributed by atoms with van der Waals surface area (Å²) in [6, 6.07) is 18.6. The molecule has 1 aromatic heterocycles. The molecule has 0 aliphatic rings. The highest BCUT2D eigenvalue weighted by atomic mass is 35.5. The summed E-state index contributed by atoms with van der Waals surface area (Å²) >= 11 is 5.95. The van der Waals surface area contributed by atoms with E-state index < -0.39 is 0 Å². The molecule has 0 radical (unpaired) electrons. The Morgan fingerprint density at radius 3 is 2.40 bits per heavy atom. The van der Waals surface area contributed by atoms with Gasteiger partial charge in [0.25, 0.3) is 0 Å². The summed E-state index contributed by atoms with van der Waals surface area (Å²) in [6.45, 7) is 2.01. The van der Waals surface area contributed by atoms with E-state index in [1.165, 1.54) is 0 Å². The van der Waals surface area contributed by atoms with Crippen LogP contribution >= 0.6 is 11.6 Å². The maximum absolute atomic E-state index is 12.1. The zero-order chi connectivity index (χ0) is 17.6. The van der Waals surface area contributed by atoms with E-state index in [2.05, 4.69) is 20.8 Å². The quantitative estimate of drug-likeness (QED) is 0.715. The van der Waals surface area contributed by atoms with Crippen molar-refractivity contribution < 1.29 is 4.79 Å². The molecule has 0 saturated carbocycles. The van der Waals surface area contributed by atoms with Crippen LogP contribution in [0.25, 0.3) is 0 Å². The molecule has 1 amide bonds. The van der Waals surface area contributed by atoms with Gasteiger partial charge in [-0.2, -0.15) is 0 Å². The van der Waals surface area contributed by atoms with Crippen molar-refractivity contribution in [2.24, 2.45) is 0 Å². The lowest BCUT2D eigenvalue weighted by Crippen LogP contribution is -2.15. The molecule has 0 spiro atoms. The van der Waals surface area contributed by atoms with Gasteiger partial charge in [0.15, 0.2) is 11.6 Å². The van der Waals surface area contributed by atoms with Crippen LogP contribution in [0.5, 0.6) is 0 Å². The van der Waals surface area contributed by atoms with E-state index >= 15 is 0 Å². The summed E-state index contributed by atoms with van der Waals surface area (Å²) in [4.78, 5) is 12.1. The first-order chi connectivity index (χ1) is 12.1. The number of aromatic nitrogens is 2. The van der Waals surface area contributed by atoms with E-state index in [1.54, 1.807) is 24.3 Å². The first-order valence-corrected chi connectivity index (χ1v) is 8.18. The normalized spacial score (nSPS) is 10.3. The van der Waals surface area contributed by atoms with Crippen molar-refractivity contribution >= 4 is 34.8 Å². The topological polar surface area (TPSA) is 66.9 Å². The minimum atomic E-state index is -0.131. The number of halogens is 1. The predicted octanol–water partition coefficient (Wildman–Crippen LogP) is 4.36. The number of hydrogen-bond donors (Lipinski definition) is 2. The second-order valence-electron chi connectivity index (χ2n) is 5.65. The van der Waals surface area contributed by atoms with Crippen LogP contribution in [-0.2, 0) is 11.2 Å². The second-order valence-corrected chi connectivity index (χ2v) is 6.09. The van der Waals surface area contributed by atoms with Gasteiger partial charge in [0.1, 0.15) is 0 Å². The number of nitrogens with one attached hydrogen (secondary N) is 2. The minimum Gasteiger partial charge on any atom is -0.339 e. The Morgan fingerprint density at radius 2 is 1.72 bits per heavy atom. The lowest BCUT2D eigenvalue weighted by Gasteiger charge is -2.07. The van der Waals surface area contributed by atoms with Crippen molar-refractivity contribution in [3.05, 3.63) is 76.8 Å². The third-order valence-corrected chi connectivity index (χ3v) is 3.75. The number of anilines is 3. The largest absolute Gasteiger partial charge is 0.339 e. The zero-order valence-electron chi connectivity index (χ0n) is 13.7. The second kappa shape index (κ2) is 7.77. The van der Waals surface area contributed by atoms with Crippen LogP contribution in [-0.4, -0.2) is 16.1 Å². The average Bonchev–Trinajstić information content (AvgIpc) is 2.59. The molecule has 0 unspecified atom stereocenters. The third-order valence-electron chi connectivity index (χ3n) is 3.51. The summed E-state index contributed by atoms with van der Waals surface area (Å²) < 4.78 is 0. The zero-order valence-corrected chi connectivity index (χ0v) is 14.4. The van der Waals surface area contributed by atoms with E-state index in [1.807, 2.05) is 43.3 Å². The molecule has 1 heterocycles. The van der Waals surface area contributed by atoms with Crippen molar-refractivity contribution in [3.63, 3.8) is 0 Å². The van der Waals surface area contributed by atoms with Crippen molar-refractivity contribution in [3.8, 4) is 0 Å². The Kier molecular flexibility index (Phi) is 5.26. The molecule has 5 nitrogen and oxygen atoms in total. The number of benzene rings is 2. The molecule has 2 N–H and O–H groups in total. The minimum absolute atomic E-state index is 0.131. The summed E-state index contributed by atoms with van der Waals surface area (Å²) in [6.07, 6.45) is 0.296. The van der Waals surface area contributed by atoms with E-state index in [-0.39, 0.29) is 5.91 Å². The number of nitrogens with zero attached hydrogens (tertiary/aromatic N) is 2. The standard InChI is InChI=1S/C19H17ClN4O/c1-13-5-7-14(8-6-13)11-19(25)22-18-10-9-17(23-24-18)21-16-4-2-3-15(20)12-16/h2-10,12H,11H2,1H3,(H,21,23)(H,22,24,25). The number of amides is 1. The first-order valence-electron chi connectivity index (χ1n) is 7.80. The fourth-order valence-electron chi connectivity index (χ4n) is 2.26. The fourth-order valence-corrected chi connectivity index (χ4v) is 2.45. The molecule has 0 fully saturated rings. The summed E-state index contributed by atoms with van der Waals surface area (Å²) in [5.41, 5.74) is 2.94. The number of aryl methyl sites for hydroxylation is 1. The Labute approximate surface area is 151 Å². The summed E-state index contributed by atoms with van der Waals surface area (Å²) in [5, 5.41) is 14.6. The summed E-state index contributed by atoms with van der Waals surface area (Å²) in [7, 11) is 0. The highest BCUT2D eigenvalue weighted by Crippen LogP contribution is 2.19. The molecule has 0 atom stereocenters. The van der Waals surface area contributed by atoms with Gasteiger partial charge < -0.3 is 10.6 Å². The van der Waals surface area contributed by atoms with Gasteiger partial charge in [-0.05, 0) is 42.8 Å². The Bertz CT molecular complexity index is 863. The first kappa shape index (κ1) is 16.9. The molecule has 2 aromatic carbocycles. The van der Waals surface area contributed by atoms with Crippen molar-refractivity contribution in [1.82, 2.24) is 10.2 Å².